The maximum Gasteiger partial charge on any atom is 0.326 e. The third-order valence-electron chi connectivity index (χ3n) is 4.94. The van der Waals surface area contributed by atoms with Crippen LogP contribution in [0.5, 0.6) is 0 Å². The van der Waals surface area contributed by atoms with E-state index >= 15 is 0 Å². The van der Waals surface area contributed by atoms with Crippen LogP contribution >= 0.6 is 11.3 Å². The van der Waals surface area contributed by atoms with Crippen LogP contribution in [0.25, 0.3) is 10.2 Å². The Kier molecular flexibility index (Phi) is 5.41. The number of hydrogen-bond donors (Lipinski definition) is 0. The first kappa shape index (κ1) is 18.6. The lowest BCUT2D eigenvalue weighted by Gasteiger charge is -2.33. The molecule has 1 saturated heterocycles. The second-order valence-corrected chi connectivity index (χ2v) is 7.94. The quantitative estimate of drug-likeness (QED) is 0.762. The Hall–Kier alpha value is -2.22. The molecule has 0 bridgehead atoms. The fraction of sp³-hybridized carbons (Fsp3) is 0.556. The standard InChI is InChI=1S/C18H23N3O4S/c1-11-6-4-5-7-21(11)14(22)9-25-15(23)8-20-10-19-17-16(18(20)24)12(2)13(3)26-17/h10-11H,4-9H2,1-3H3/t11-/m0/s1. The number of ether oxygens (including phenoxy) is 1. The summed E-state index contributed by atoms with van der Waals surface area (Å²) in [7, 11) is 0. The van der Waals surface area contributed by atoms with Gasteiger partial charge in [-0.3, -0.25) is 19.0 Å². The van der Waals surface area contributed by atoms with Crippen molar-refractivity contribution in [2.75, 3.05) is 13.2 Å². The highest BCUT2D eigenvalue weighted by atomic mass is 32.1. The van der Waals surface area contributed by atoms with Crippen LogP contribution in [0.4, 0.5) is 0 Å². The van der Waals surface area contributed by atoms with Gasteiger partial charge in [-0.15, -0.1) is 11.3 Å². The van der Waals surface area contributed by atoms with Gasteiger partial charge in [-0.2, -0.15) is 0 Å². The maximum absolute atomic E-state index is 12.6. The van der Waals surface area contributed by atoms with E-state index in [1.807, 2.05) is 20.8 Å². The summed E-state index contributed by atoms with van der Waals surface area (Å²) in [4.78, 5) is 44.6. The first-order chi connectivity index (χ1) is 12.4. The average Bonchev–Trinajstić information content (AvgIpc) is 2.91. The molecule has 8 heteroatoms. The number of nitrogens with zero attached hydrogens (tertiary/aromatic N) is 3. The number of thiophene rings is 1. The van der Waals surface area contributed by atoms with Crippen LogP contribution < -0.4 is 5.56 Å². The lowest BCUT2D eigenvalue weighted by Crippen LogP contribution is -2.44. The van der Waals surface area contributed by atoms with Crippen LogP contribution in [-0.2, 0) is 20.9 Å². The van der Waals surface area contributed by atoms with Crippen LogP contribution in [-0.4, -0.2) is 45.5 Å². The Morgan fingerprint density at radius 1 is 1.35 bits per heavy atom. The molecule has 7 nitrogen and oxygen atoms in total. The summed E-state index contributed by atoms with van der Waals surface area (Å²) in [5.74, 6) is -0.799. The molecule has 1 amide bonds. The number of amides is 1. The van der Waals surface area contributed by atoms with Crippen molar-refractivity contribution in [2.24, 2.45) is 0 Å². The fourth-order valence-corrected chi connectivity index (χ4v) is 4.25. The largest absolute Gasteiger partial charge is 0.454 e. The van der Waals surface area contributed by atoms with Crippen molar-refractivity contribution in [3.8, 4) is 0 Å². The Bertz CT molecular complexity index is 902. The summed E-state index contributed by atoms with van der Waals surface area (Å²) in [6.07, 6.45) is 4.42. The number of aromatic nitrogens is 2. The summed E-state index contributed by atoms with van der Waals surface area (Å²) in [5.41, 5.74) is 0.629. The Balaban J connectivity index is 1.64. The normalized spacial score (nSPS) is 17.5. The van der Waals surface area contributed by atoms with Gasteiger partial charge in [0.25, 0.3) is 11.5 Å². The highest BCUT2D eigenvalue weighted by molar-refractivity contribution is 7.18. The topological polar surface area (TPSA) is 81.5 Å². The van der Waals surface area contributed by atoms with Crippen LogP contribution in [0.3, 0.4) is 0 Å². The zero-order chi connectivity index (χ0) is 18.8. The van der Waals surface area contributed by atoms with Gasteiger partial charge in [-0.05, 0) is 45.6 Å². The van der Waals surface area contributed by atoms with E-state index in [-0.39, 0.29) is 30.7 Å². The van der Waals surface area contributed by atoms with Gasteiger partial charge in [0.15, 0.2) is 6.61 Å². The first-order valence-electron chi connectivity index (χ1n) is 8.78. The smallest absolute Gasteiger partial charge is 0.326 e. The monoisotopic (exact) mass is 377 g/mol. The van der Waals surface area contributed by atoms with E-state index in [9.17, 15) is 14.4 Å². The van der Waals surface area contributed by atoms with Crippen LogP contribution in [0.1, 0.15) is 36.6 Å². The van der Waals surface area contributed by atoms with E-state index in [1.54, 1.807) is 4.90 Å². The molecule has 0 aliphatic carbocycles. The minimum atomic E-state index is -0.615. The second-order valence-electron chi connectivity index (χ2n) is 6.73. The molecule has 0 spiro atoms. The number of fused-ring (bicyclic) bond motifs is 1. The number of carbonyl (C=O) groups is 2. The highest BCUT2D eigenvalue weighted by Gasteiger charge is 2.24. The van der Waals surface area contributed by atoms with Gasteiger partial charge in [0.1, 0.15) is 11.4 Å². The van der Waals surface area contributed by atoms with Gasteiger partial charge in [0.2, 0.25) is 0 Å². The predicted molar refractivity (Wildman–Crippen MR) is 99.3 cm³/mol. The van der Waals surface area contributed by atoms with E-state index in [1.165, 1.54) is 22.2 Å². The van der Waals surface area contributed by atoms with Crippen molar-refractivity contribution in [1.82, 2.24) is 14.5 Å². The van der Waals surface area contributed by atoms with E-state index in [2.05, 4.69) is 4.98 Å². The summed E-state index contributed by atoms with van der Waals surface area (Å²) in [6, 6.07) is 0.175. The molecule has 1 aliphatic heterocycles. The van der Waals surface area contributed by atoms with Gasteiger partial charge in [0.05, 0.1) is 11.7 Å². The highest BCUT2D eigenvalue weighted by Crippen LogP contribution is 2.25. The first-order valence-corrected chi connectivity index (χ1v) is 9.60. The molecule has 3 rings (SSSR count). The number of hydrogen-bond acceptors (Lipinski definition) is 6. The number of carbonyl (C=O) groups excluding carboxylic acids is 2. The number of esters is 1. The van der Waals surface area contributed by atoms with E-state index in [4.69, 9.17) is 4.74 Å². The number of rotatable bonds is 4. The van der Waals surface area contributed by atoms with Gasteiger partial charge in [-0.1, -0.05) is 0 Å². The van der Waals surface area contributed by atoms with E-state index in [0.717, 1.165) is 29.7 Å². The third kappa shape index (κ3) is 3.65. The second kappa shape index (κ2) is 7.57. The molecule has 0 radical (unpaired) electrons. The van der Waals surface area contributed by atoms with Crippen LogP contribution in [0.15, 0.2) is 11.1 Å². The molecule has 0 aromatic carbocycles. The summed E-state index contributed by atoms with van der Waals surface area (Å²) >= 11 is 1.46. The molecule has 26 heavy (non-hydrogen) atoms. The lowest BCUT2D eigenvalue weighted by atomic mass is 10.0. The molecular weight excluding hydrogens is 354 g/mol. The van der Waals surface area contributed by atoms with Crippen molar-refractivity contribution < 1.29 is 14.3 Å². The molecule has 1 fully saturated rings. The van der Waals surface area contributed by atoms with E-state index < -0.39 is 5.97 Å². The van der Waals surface area contributed by atoms with Gasteiger partial charge in [-0.25, -0.2) is 4.98 Å². The van der Waals surface area contributed by atoms with Gasteiger partial charge in [0, 0.05) is 17.5 Å². The molecule has 140 valence electrons. The van der Waals surface area contributed by atoms with Gasteiger partial charge >= 0.3 is 5.97 Å². The molecular formula is C18H23N3O4S. The van der Waals surface area contributed by atoms with Crippen molar-refractivity contribution in [1.29, 1.82) is 0 Å². The average molecular weight is 377 g/mol. The molecule has 0 N–H and O–H groups in total. The number of likely N-dealkylation sites (tertiary alicyclic amines) is 1. The SMILES string of the molecule is Cc1sc2ncn(CC(=O)OCC(=O)N3CCCC[C@@H]3C)c(=O)c2c1C. The molecule has 1 aliphatic rings. The maximum atomic E-state index is 12.6. The van der Waals surface area contributed by atoms with E-state index in [0.29, 0.717) is 16.8 Å². The summed E-state index contributed by atoms with van der Waals surface area (Å²) in [5, 5.41) is 0.543. The Morgan fingerprint density at radius 2 is 2.12 bits per heavy atom. The zero-order valence-corrected chi connectivity index (χ0v) is 16.1. The molecule has 0 unspecified atom stereocenters. The van der Waals surface area contributed by atoms with Crippen molar-refractivity contribution in [3.05, 3.63) is 27.1 Å². The molecule has 2 aromatic rings. The van der Waals surface area contributed by atoms with Crippen molar-refractivity contribution in [3.63, 3.8) is 0 Å². The summed E-state index contributed by atoms with van der Waals surface area (Å²) in [6.45, 7) is 5.98. The Morgan fingerprint density at radius 3 is 2.85 bits per heavy atom. The minimum absolute atomic E-state index is 0.175. The molecule has 3 heterocycles. The van der Waals surface area contributed by atoms with Crippen molar-refractivity contribution in [2.45, 2.75) is 52.6 Å². The zero-order valence-electron chi connectivity index (χ0n) is 15.3. The van der Waals surface area contributed by atoms with Crippen LogP contribution in [0.2, 0.25) is 0 Å². The number of aryl methyl sites for hydroxylation is 2. The molecule has 1 atom stereocenters. The predicted octanol–water partition coefficient (Wildman–Crippen LogP) is 2.02. The summed E-state index contributed by atoms with van der Waals surface area (Å²) < 4.78 is 6.33. The minimum Gasteiger partial charge on any atom is -0.454 e. The van der Waals surface area contributed by atoms with Crippen molar-refractivity contribution >= 4 is 33.4 Å². The third-order valence-corrected chi connectivity index (χ3v) is 6.05. The lowest BCUT2D eigenvalue weighted by molar-refractivity contribution is -0.154. The fourth-order valence-electron chi connectivity index (χ4n) is 3.26. The Labute approximate surface area is 155 Å². The number of piperidine rings is 1. The molecule has 2 aromatic heterocycles. The van der Waals surface area contributed by atoms with Gasteiger partial charge < -0.3 is 9.64 Å². The molecule has 0 saturated carbocycles. The van der Waals surface area contributed by atoms with Crippen LogP contribution in [0, 0.1) is 13.8 Å².